The van der Waals surface area contributed by atoms with Gasteiger partial charge < -0.3 is 19.8 Å². The van der Waals surface area contributed by atoms with Crippen LogP contribution in [0.1, 0.15) is 26.3 Å². The number of benzene rings is 2. The molecule has 0 fully saturated rings. The Morgan fingerprint density at radius 1 is 0.962 bits per heavy atom. The van der Waals surface area contributed by atoms with Gasteiger partial charge in [-0.15, -0.1) is 0 Å². The summed E-state index contributed by atoms with van der Waals surface area (Å²) < 4.78 is 11.5. The van der Waals surface area contributed by atoms with Crippen molar-refractivity contribution in [3.63, 3.8) is 0 Å². The fraction of sp³-hybridized carbons (Fsp3) is 0.364. The first-order valence-corrected chi connectivity index (χ1v) is 9.24. The third-order valence-corrected chi connectivity index (χ3v) is 4.42. The molecule has 1 heterocycles. The summed E-state index contributed by atoms with van der Waals surface area (Å²) in [7, 11) is 0. The van der Waals surface area contributed by atoms with Crippen LogP contribution in [0.5, 0.6) is 11.5 Å². The summed E-state index contributed by atoms with van der Waals surface area (Å²) in [4.78, 5) is 3.35. The van der Waals surface area contributed by atoms with Crippen molar-refractivity contribution in [2.75, 3.05) is 19.8 Å². The minimum absolute atomic E-state index is 0.0201. The van der Waals surface area contributed by atoms with E-state index in [4.69, 9.17) is 9.47 Å². The molecule has 2 N–H and O–H groups in total. The van der Waals surface area contributed by atoms with E-state index in [0.717, 1.165) is 24.5 Å². The van der Waals surface area contributed by atoms with E-state index in [0.29, 0.717) is 13.2 Å². The zero-order valence-electron chi connectivity index (χ0n) is 15.8. The van der Waals surface area contributed by atoms with Gasteiger partial charge in [0, 0.05) is 29.2 Å². The fourth-order valence-electron chi connectivity index (χ4n) is 3.21. The van der Waals surface area contributed by atoms with E-state index in [9.17, 15) is 0 Å². The van der Waals surface area contributed by atoms with Gasteiger partial charge in [0.2, 0.25) is 0 Å². The third kappa shape index (κ3) is 4.58. The first-order valence-electron chi connectivity index (χ1n) is 9.24. The molecule has 4 nitrogen and oxygen atoms in total. The van der Waals surface area contributed by atoms with E-state index in [1.54, 1.807) is 0 Å². The highest BCUT2D eigenvalue weighted by Crippen LogP contribution is 2.26. The highest BCUT2D eigenvalue weighted by Gasteiger charge is 2.19. The van der Waals surface area contributed by atoms with Crippen LogP contribution >= 0.6 is 0 Å². The van der Waals surface area contributed by atoms with Gasteiger partial charge in [-0.25, -0.2) is 0 Å². The second-order valence-corrected chi connectivity index (χ2v) is 7.08. The van der Waals surface area contributed by atoms with Gasteiger partial charge in [0.25, 0.3) is 0 Å². The summed E-state index contributed by atoms with van der Waals surface area (Å²) in [6.07, 6.45) is 3.06. The SMILES string of the molecule is CCOc1ccccc1OCCNC(C)(C)Cc1c[nH]c2ccccc12. The normalized spacial score (nSPS) is 11.7. The maximum absolute atomic E-state index is 5.90. The molecule has 0 saturated heterocycles. The predicted molar refractivity (Wildman–Crippen MR) is 107 cm³/mol. The van der Waals surface area contributed by atoms with Crippen molar-refractivity contribution in [3.05, 3.63) is 60.3 Å². The molecule has 0 amide bonds. The van der Waals surface area contributed by atoms with Crippen molar-refractivity contribution in [2.45, 2.75) is 32.7 Å². The molecule has 0 unspecified atom stereocenters. The van der Waals surface area contributed by atoms with Gasteiger partial charge in [0.05, 0.1) is 6.61 Å². The van der Waals surface area contributed by atoms with Gasteiger partial charge in [0.1, 0.15) is 6.61 Å². The summed E-state index contributed by atoms with van der Waals surface area (Å²) >= 11 is 0. The number of para-hydroxylation sites is 3. The van der Waals surface area contributed by atoms with Gasteiger partial charge >= 0.3 is 0 Å². The van der Waals surface area contributed by atoms with Crippen LogP contribution in [-0.2, 0) is 6.42 Å². The summed E-state index contributed by atoms with van der Waals surface area (Å²) in [5.41, 5.74) is 2.50. The Balaban J connectivity index is 1.52. The molecule has 1 aromatic heterocycles. The third-order valence-electron chi connectivity index (χ3n) is 4.42. The number of aromatic nitrogens is 1. The molecule has 0 aliphatic heterocycles. The number of rotatable bonds is 9. The molecule has 0 aliphatic rings. The smallest absolute Gasteiger partial charge is 0.161 e. The van der Waals surface area contributed by atoms with E-state index in [1.807, 2.05) is 31.2 Å². The first kappa shape index (κ1) is 18.3. The largest absolute Gasteiger partial charge is 0.490 e. The summed E-state index contributed by atoms with van der Waals surface area (Å²) in [6, 6.07) is 16.2. The molecular formula is C22H28N2O2. The van der Waals surface area contributed by atoms with Crippen LogP contribution < -0.4 is 14.8 Å². The Morgan fingerprint density at radius 3 is 2.42 bits per heavy atom. The molecule has 0 radical (unpaired) electrons. The highest BCUT2D eigenvalue weighted by atomic mass is 16.5. The van der Waals surface area contributed by atoms with Crippen LogP contribution in [0.4, 0.5) is 0 Å². The van der Waals surface area contributed by atoms with E-state index in [1.165, 1.54) is 16.5 Å². The Bertz CT molecular complexity index is 839. The second-order valence-electron chi connectivity index (χ2n) is 7.08. The molecule has 3 aromatic rings. The van der Waals surface area contributed by atoms with Gasteiger partial charge in [-0.05, 0) is 51.0 Å². The second kappa shape index (κ2) is 8.28. The molecule has 2 aromatic carbocycles. The van der Waals surface area contributed by atoms with Gasteiger partial charge in [-0.2, -0.15) is 0 Å². The maximum atomic E-state index is 5.90. The molecule has 0 atom stereocenters. The van der Waals surface area contributed by atoms with Crippen LogP contribution in [0.15, 0.2) is 54.7 Å². The number of hydrogen-bond donors (Lipinski definition) is 2. The molecule has 138 valence electrons. The number of hydrogen-bond acceptors (Lipinski definition) is 3. The lowest BCUT2D eigenvalue weighted by Gasteiger charge is -2.26. The first-order chi connectivity index (χ1) is 12.6. The maximum Gasteiger partial charge on any atom is 0.161 e. The van der Waals surface area contributed by atoms with Gasteiger partial charge in [-0.1, -0.05) is 30.3 Å². The van der Waals surface area contributed by atoms with Crippen molar-refractivity contribution in [3.8, 4) is 11.5 Å². The summed E-state index contributed by atoms with van der Waals surface area (Å²) in [5, 5.41) is 4.90. The van der Waals surface area contributed by atoms with Crippen LogP contribution in [0.25, 0.3) is 10.9 Å². The van der Waals surface area contributed by atoms with Crippen molar-refractivity contribution in [1.82, 2.24) is 10.3 Å². The van der Waals surface area contributed by atoms with Crippen LogP contribution in [0, 0.1) is 0 Å². The Labute approximate surface area is 155 Å². The lowest BCUT2D eigenvalue weighted by Crippen LogP contribution is -2.43. The van der Waals surface area contributed by atoms with E-state index in [2.05, 4.69) is 54.6 Å². The Hall–Kier alpha value is -2.46. The quantitative estimate of drug-likeness (QED) is 0.555. The Morgan fingerprint density at radius 2 is 1.65 bits per heavy atom. The lowest BCUT2D eigenvalue weighted by atomic mass is 9.94. The molecule has 0 bridgehead atoms. The molecule has 0 aliphatic carbocycles. The van der Waals surface area contributed by atoms with Crippen molar-refractivity contribution < 1.29 is 9.47 Å². The molecule has 0 spiro atoms. The van der Waals surface area contributed by atoms with Crippen LogP contribution in [-0.4, -0.2) is 30.3 Å². The highest BCUT2D eigenvalue weighted by molar-refractivity contribution is 5.83. The van der Waals surface area contributed by atoms with E-state index in [-0.39, 0.29) is 5.54 Å². The standard InChI is InChI=1S/C22H28N2O2/c1-4-25-20-11-7-8-12-21(20)26-14-13-24-22(2,3)15-17-16-23-19-10-6-5-9-18(17)19/h5-12,16,23-24H,4,13-15H2,1-3H3. The van der Waals surface area contributed by atoms with Crippen LogP contribution in [0.2, 0.25) is 0 Å². The predicted octanol–water partition coefficient (Wildman–Crippen LogP) is 4.56. The number of fused-ring (bicyclic) bond motifs is 1. The van der Waals surface area contributed by atoms with Gasteiger partial charge in [0.15, 0.2) is 11.5 Å². The molecular weight excluding hydrogens is 324 g/mol. The summed E-state index contributed by atoms with van der Waals surface area (Å²) in [6.45, 7) is 8.44. The summed E-state index contributed by atoms with van der Waals surface area (Å²) in [5.74, 6) is 1.60. The van der Waals surface area contributed by atoms with Crippen molar-refractivity contribution >= 4 is 10.9 Å². The van der Waals surface area contributed by atoms with Gasteiger partial charge in [-0.3, -0.25) is 0 Å². The number of aromatic amines is 1. The number of nitrogens with one attached hydrogen (secondary N) is 2. The Kier molecular flexibility index (Phi) is 5.84. The molecule has 3 rings (SSSR count). The van der Waals surface area contributed by atoms with Crippen molar-refractivity contribution in [1.29, 1.82) is 0 Å². The topological polar surface area (TPSA) is 46.3 Å². The number of ether oxygens (including phenoxy) is 2. The zero-order chi connectivity index (χ0) is 18.4. The minimum Gasteiger partial charge on any atom is -0.490 e. The van der Waals surface area contributed by atoms with Crippen LogP contribution in [0.3, 0.4) is 0 Å². The monoisotopic (exact) mass is 352 g/mol. The lowest BCUT2D eigenvalue weighted by molar-refractivity contribution is 0.260. The average molecular weight is 352 g/mol. The molecule has 0 saturated carbocycles. The number of H-pyrrole nitrogens is 1. The molecule has 4 heteroatoms. The molecule has 26 heavy (non-hydrogen) atoms. The fourth-order valence-corrected chi connectivity index (χ4v) is 3.21. The van der Waals surface area contributed by atoms with E-state index < -0.39 is 0 Å². The van der Waals surface area contributed by atoms with E-state index >= 15 is 0 Å². The minimum atomic E-state index is -0.0201. The zero-order valence-corrected chi connectivity index (χ0v) is 15.8. The van der Waals surface area contributed by atoms with Crippen molar-refractivity contribution in [2.24, 2.45) is 0 Å². The average Bonchev–Trinajstić information content (AvgIpc) is 3.03.